The Morgan fingerprint density at radius 3 is 2.50 bits per heavy atom. The van der Waals surface area contributed by atoms with Gasteiger partial charge < -0.3 is 9.47 Å². The largest absolute Gasteiger partial charge is 0.489 e. The molecule has 5 nitrogen and oxygen atoms in total. The Kier molecular flexibility index (Phi) is 7.02. The van der Waals surface area contributed by atoms with Crippen LogP contribution in [0.1, 0.15) is 11.1 Å². The SMILES string of the molecule is COCCN1C(=O)S/C(=C/c2ccc(OCc3ccc(Cl)c(Cl)c3)cc2)C1=O. The molecule has 2 aromatic carbocycles. The zero-order valence-corrected chi connectivity index (χ0v) is 17.3. The Bertz CT molecular complexity index is 915. The van der Waals surface area contributed by atoms with Gasteiger partial charge in [0.1, 0.15) is 12.4 Å². The second kappa shape index (κ2) is 9.47. The van der Waals surface area contributed by atoms with Gasteiger partial charge in [0.2, 0.25) is 0 Å². The lowest BCUT2D eigenvalue weighted by Gasteiger charge is -2.10. The molecule has 8 heteroatoms. The van der Waals surface area contributed by atoms with Gasteiger partial charge in [0.05, 0.1) is 28.1 Å². The van der Waals surface area contributed by atoms with Gasteiger partial charge in [0.25, 0.3) is 11.1 Å². The van der Waals surface area contributed by atoms with E-state index in [2.05, 4.69) is 0 Å². The van der Waals surface area contributed by atoms with E-state index in [0.29, 0.717) is 33.9 Å². The summed E-state index contributed by atoms with van der Waals surface area (Å²) in [4.78, 5) is 25.8. The van der Waals surface area contributed by atoms with Crippen LogP contribution in [-0.4, -0.2) is 36.3 Å². The maximum absolute atomic E-state index is 12.3. The van der Waals surface area contributed by atoms with E-state index in [4.69, 9.17) is 32.7 Å². The third kappa shape index (κ3) is 5.08. The highest BCUT2D eigenvalue weighted by molar-refractivity contribution is 8.18. The molecule has 2 aromatic rings. The lowest BCUT2D eigenvalue weighted by Crippen LogP contribution is -2.31. The number of methoxy groups -OCH3 is 1. The molecule has 1 heterocycles. The number of carbonyl (C=O) groups excluding carboxylic acids is 2. The van der Waals surface area contributed by atoms with Gasteiger partial charge in [0, 0.05) is 7.11 Å². The summed E-state index contributed by atoms with van der Waals surface area (Å²) in [5, 5.41) is 0.703. The molecule has 0 saturated carbocycles. The minimum atomic E-state index is -0.299. The minimum Gasteiger partial charge on any atom is -0.489 e. The monoisotopic (exact) mass is 437 g/mol. The van der Waals surface area contributed by atoms with E-state index >= 15 is 0 Å². The second-order valence-corrected chi connectivity index (χ2v) is 7.74. The van der Waals surface area contributed by atoms with E-state index in [1.165, 1.54) is 12.0 Å². The van der Waals surface area contributed by atoms with E-state index < -0.39 is 0 Å². The first-order chi connectivity index (χ1) is 13.5. The van der Waals surface area contributed by atoms with E-state index in [9.17, 15) is 9.59 Å². The molecular weight excluding hydrogens is 421 g/mol. The molecule has 0 N–H and O–H groups in total. The first-order valence-electron chi connectivity index (χ1n) is 8.39. The summed E-state index contributed by atoms with van der Waals surface area (Å²) < 4.78 is 10.7. The second-order valence-electron chi connectivity index (χ2n) is 5.93. The van der Waals surface area contributed by atoms with Crippen LogP contribution in [0.25, 0.3) is 6.08 Å². The third-order valence-corrected chi connectivity index (χ3v) is 5.61. The van der Waals surface area contributed by atoms with Gasteiger partial charge in [-0.25, -0.2) is 0 Å². The van der Waals surface area contributed by atoms with Crippen LogP contribution in [0.2, 0.25) is 10.0 Å². The van der Waals surface area contributed by atoms with E-state index in [1.807, 2.05) is 18.2 Å². The van der Waals surface area contributed by atoms with E-state index in [1.54, 1.807) is 30.3 Å². The van der Waals surface area contributed by atoms with Gasteiger partial charge in [0.15, 0.2) is 0 Å². The van der Waals surface area contributed by atoms with Crippen LogP contribution >= 0.6 is 35.0 Å². The molecule has 1 aliphatic heterocycles. The Balaban J connectivity index is 1.62. The molecule has 28 heavy (non-hydrogen) atoms. The maximum atomic E-state index is 12.3. The summed E-state index contributed by atoms with van der Waals surface area (Å²) in [5.41, 5.74) is 1.71. The molecule has 1 aliphatic rings. The van der Waals surface area contributed by atoms with Crippen molar-refractivity contribution in [3.8, 4) is 5.75 Å². The highest BCUT2D eigenvalue weighted by atomic mass is 35.5. The Hall–Kier alpha value is -1.99. The molecule has 0 aliphatic carbocycles. The molecule has 0 radical (unpaired) electrons. The van der Waals surface area contributed by atoms with E-state index in [-0.39, 0.29) is 17.7 Å². The maximum Gasteiger partial charge on any atom is 0.293 e. The van der Waals surface area contributed by atoms with Crippen molar-refractivity contribution in [1.82, 2.24) is 4.90 Å². The van der Waals surface area contributed by atoms with Crippen LogP contribution < -0.4 is 4.74 Å². The van der Waals surface area contributed by atoms with Gasteiger partial charge in [-0.15, -0.1) is 0 Å². The van der Waals surface area contributed by atoms with Gasteiger partial charge in [-0.05, 0) is 53.2 Å². The first kappa shape index (κ1) is 20.7. The van der Waals surface area contributed by atoms with Crippen LogP contribution in [0.4, 0.5) is 4.79 Å². The zero-order chi connectivity index (χ0) is 20.1. The predicted molar refractivity (Wildman–Crippen MR) is 112 cm³/mol. The fourth-order valence-electron chi connectivity index (χ4n) is 2.48. The number of carbonyl (C=O) groups is 2. The van der Waals surface area contributed by atoms with E-state index in [0.717, 1.165) is 22.9 Å². The molecule has 0 spiro atoms. The molecule has 0 unspecified atom stereocenters. The molecule has 0 aromatic heterocycles. The number of rotatable bonds is 7. The number of hydrogen-bond acceptors (Lipinski definition) is 5. The Morgan fingerprint density at radius 2 is 1.82 bits per heavy atom. The van der Waals surface area contributed by atoms with Crippen molar-refractivity contribution in [1.29, 1.82) is 0 Å². The fraction of sp³-hybridized carbons (Fsp3) is 0.200. The molecule has 2 amide bonds. The molecule has 0 bridgehead atoms. The van der Waals surface area contributed by atoms with Gasteiger partial charge >= 0.3 is 0 Å². The van der Waals surface area contributed by atoms with Crippen molar-refractivity contribution in [2.45, 2.75) is 6.61 Å². The smallest absolute Gasteiger partial charge is 0.293 e. The molecule has 3 rings (SSSR count). The van der Waals surface area contributed by atoms with Crippen molar-refractivity contribution in [2.24, 2.45) is 0 Å². The highest BCUT2D eigenvalue weighted by Gasteiger charge is 2.34. The van der Waals surface area contributed by atoms with Crippen molar-refractivity contribution < 1.29 is 19.1 Å². The molecule has 0 atom stereocenters. The number of ether oxygens (including phenoxy) is 2. The summed E-state index contributed by atoms with van der Waals surface area (Å²) >= 11 is 12.8. The summed E-state index contributed by atoms with van der Waals surface area (Å²) in [6.45, 7) is 0.921. The molecule has 1 saturated heterocycles. The summed E-state index contributed by atoms with van der Waals surface area (Å²) in [6, 6.07) is 12.6. The average molecular weight is 438 g/mol. The normalized spacial score (nSPS) is 15.5. The van der Waals surface area contributed by atoms with Gasteiger partial charge in [-0.2, -0.15) is 0 Å². The van der Waals surface area contributed by atoms with Crippen molar-refractivity contribution >= 4 is 52.2 Å². The lowest BCUT2D eigenvalue weighted by molar-refractivity contribution is -0.123. The topological polar surface area (TPSA) is 55.8 Å². The number of amides is 2. The number of benzene rings is 2. The summed E-state index contributed by atoms with van der Waals surface area (Å²) in [5.74, 6) is 0.378. The number of nitrogens with zero attached hydrogens (tertiary/aromatic N) is 1. The predicted octanol–water partition coefficient (Wildman–Crippen LogP) is 5.26. The fourth-order valence-corrected chi connectivity index (χ4v) is 3.67. The first-order valence-corrected chi connectivity index (χ1v) is 9.96. The van der Waals surface area contributed by atoms with Crippen molar-refractivity contribution in [3.63, 3.8) is 0 Å². The number of halogens is 2. The van der Waals surface area contributed by atoms with Crippen LogP contribution in [-0.2, 0) is 16.1 Å². The average Bonchev–Trinajstić information content (AvgIpc) is 2.95. The molecule has 146 valence electrons. The lowest BCUT2D eigenvalue weighted by atomic mass is 10.2. The summed E-state index contributed by atoms with van der Waals surface area (Å²) in [6.07, 6.45) is 1.69. The van der Waals surface area contributed by atoms with Crippen molar-refractivity contribution in [3.05, 3.63) is 68.5 Å². The number of hydrogen-bond donors (Lipinski definition) is 0. The molecular formula is C20H17Cl2NO4S. The number of thioether (sulfide) groups is 1. The van der Waals surface area contributed by atoms with Crippen molar-refractivity contribution in [2.75, 3.05) is 20.3 Å². The minimum absolute atomic E-state index is 0.250. The summed E-state index contributed by atoms with van der Waals surface area (Å²) in [7, 11) is 1.53. The zero-order valence-electron chi connectivity index (χ0n) is 15.0. The molecule has 1 fully saturated rings. The van der Waals surface area contributed by atoms with Crippen LogP contribution in [0.3, 0.4) is 0 Å². The Morgan fingerprint density at radius 1 is 1.07 bits per heavy atom. The van der Waals surface area contributed by atoms with Crippen LogP contribution in [0.15, 0.2) is 47.4 Å². The number of imide groups is 1. The van der Waals surface area contributed by atoms with Crippen LogP contribution in [0, 0.1) is 0 Å². The standard InChI is InChI=1S/C20H17Cl2NO4S/c1-26-9-8-23-19(24)18(28-20(23)25)11-13-2-5-15(6-3-13)27-12-14-4-7-16(21)17(22)10-14/h2-7,10-11H,8-9,12H2,1H3/b18-11+. The highest BCUT2D eigenvalue weighted by Crippen LogP contribution is 2.32. The van der Waals surface area contributed by atoms with Crippen LogP contribution in [0.5, 0.6) is 5.75 Å². The quantitative estimate of drug-likeness (QED) is 0.553. The van der Waals surface area contributed by atoms with Gasteiger partial charge in [-0.3, -0.25) is 14.5 Å². The Labute approximate surface area is 177 Å². The van der Waals surface area contributed by atoms with Gasteiger partial charge in [-0.1, -0.05) is 41.4 Å². The third-order valence-electron chi connectivity index (χ3n) is 3.96.